The van der Waals surface area contributed by atoms with Crippen LogP contribution in [-0.4, -0.2) is 170 Å². The largest absolute Gasteiger partial charge is 0.481 e. The number of hydrogen-bond acceptors (Lipinski definition) is 10. The van der Waals surface area contributed by atoms with Gasteiger partial charge in [-0.3, -0.25) is 33.7 Å². The van der Waals surface area contributed by atoms with Gasteiger partial charge >= 0.3 is 5.97 Å². The molecule has 1 aromatic carbocycles. The molecule has 356 valence electrons. The Kier molecular flexibility index (Phi) is 22.0. The summed E-state index contributed by atoms with van der Waals surface area (Å²) < 4.78 is 17.6. The van der Waals surface area contributed by atoms with E-state index in [-0.39, 0.29) is 60.1 Å². The average molecular weight is 887 g/mol. The topological polar surface area (TPSA) is 187 Å². The third-order valence-corrected chi connectivity index (χ3v) is 13.0. The number of carbonyl (C=O) groups is 6. The Morgan fingerprint density at radius 1 is 0.889 bits per heavy atom. The highest BCUT2D eigenvalue weighted by molar-refractivity contribution is 5.91. The van der Waals surface area contributed by atoms with E-state index < -0.39 is 54.3 Å². The van der Waals surface area contributed by atoms with Crippen LogP contribution in [0.15, 0.2) is 30.3 Å². The minimum Gasteiger partial charge on any atom is -0.481 e. The molecule has 0 saturated carbocycles. The van der Waals surface area contributed by atoms with Crippen molar-refractivity contribution in [3.8, 4) is 0 Å². The number of carboxylic acids is 1. The molecule has 2 heterocycles. The molecule has 16 heteroatoms. The Labute approximate surface area is 376 Å². The van der Waals surface area contributed by atoms with Crippen LogP contribution in [0.3, 0.4) is 0 Å². The van der Waals surface area contributed by atoms with Gasteiger partial charge in [0.1, 0.15) is 12.1 Å². The lowest BCUT2D eigenvalue weighted by Crippen LogP contribution is -2.60. The van der Waals surface area contributed by atoms with Gasteiger partial charge in [-0.15, -0.1) is 0 Å². The molecule has 0 aromatic heterocycles. The normalized spacial score (nSPS) is 19.5. The molecule has 0 aliphatic carbocycles. The highest BCUT2D eigenvalue weighted by Gasteiger charge is 2.44. The highest BCUT2D eigenvalue weighted by atomic mass is 16.5. The summed E-state index contributed by atoms with van der Waals surface area (Å²) in [7, 11) is 6.57. The Hall–Kier alpha value is -4.12. The maximum absolute atomic E-state index is 14.5. The zero-order valence-corrected chi connectivity index (χ0v) is 39.8. The first-order valence-corrected chi connectivity index (χ1v) is 22.9. The number of carbonyl (C=O) groups excluding carboxylic acids is 5. The number of likely N-dealkylation sites (N-methyl/N-ethyl adjacent to an activating group) is 2. The number of likely N-dealkylation sites (tertiary alicyclic amines) is 1. The van der Waals surface area contributed by atoms with Gasteiger partial charge in [0.05, 0.1) is 55.9 Å². The van der Waals surface area contributed by atoms with Crippen molar-refractivity contribution in [2.24, 2.45) is 23.7 Å². The first kappa shape index (κ1) is 53.2. The summed E-state index contributed by atoms with van der Waals surface area (Å²) in [6.07, 6.45) is 1.34. The molecular weight excluding hydrogens is 809 g/mol. The van der Waals surface area contributed by atoms with E-state index in [4.69, 9.17) is 19.3 Å². The molecule has 0 spiro atoms. The van der Waals surface area contributed by atoms with Crippen LogP contribution >= 0.6 is 0 Å². The number of carboxylic acid groups (broad SMARTS) is 1. The number of ether oxygens (including phenoxy) is 3. The number of methoxy groups -OCH3 is 2. The van der Waals surface area contributed by atoms with Crippen molar-refractivity contribution in [1.82, 2.24) is 30.2 Å². The lowest BCUT2D eigenvalue weighted by Gasteiger charge is -2.41. The molecule has 1 unspecified atom stereocenters. The molecule has 0 radical (unpaired) electrons. The van der Waals surface area contributed by atoms with Crippen molar-refractivity contribution in [3.05, 3.63) is 35.9 Å². The Morgan fingerprint density at radius 3 is 2.10 bits per heavy atom. The van der Waals surface area contributed by atoms with E-state index in [1.807, 2.05) is 76.8 Å². The SMILES string of the molecule is CC[C@H](C)[C@@H]([C@@H](CC(=O)N1CCC[C@H]1[C@H](OC)[C@@H](C)C(=O)NC(Cc1ccccc1)C(=O)N1CCOCC1)OC)N(C)C(=O)[C@@H](NC(=O)[C@H](C(C)C)N(C)CCCC(=O)O)C(C)C. The van der Waals surface area contributed by atoms with Crippen molar-refractivity contribution in [2.75, 3.05) is 67.7 Å². The van der Waals surface area contributed by atoms with E-state index in [1.54, 1.807) is 35.7 Å². The lowest BCUT2D eigenvalue weighted by atomic mass is 9.89. The first-order chi connectivity index (χ1) is 29.9. The van der Waals surface area contributed by atoms with Crippen LogP contribution in [0.1, 0.15) is 92.6 Å². The summed E-state index contributed by atoms with van der Waals surface area (Å²) in [6, 6.07) is 6.38. The fourth-order valence-corrected chi connectivity index (χ4v) is 9.27. The van der Waals surface area contributed by atoms with Crippen LogP contribution in [0, 0.1) is 23.7 Å². The van der Waals surface area contributed by atoms with Gasteiger partial charge in [-0.2, -0.15) is 0 Å². The Bertz CT molecular complexity index is 1620. The predicted octanol–water partition coefficient (Wildman–Crippen LogP) is 3.46. The molecule has 3 N–H and O–H groups in total. The van der Waals surface area contributed by atoms with E-state index in [0.717, 1.165) is 5.56 Å². The molecule has 3 rings (SSSR count). The van der Waals surface area contributed by atoms with Crippen LogP contribution in [0.5, 0.6) is 0 Å². The first-order valence-electron chi connectivity index (χ1n) is 22.9. The molecule has 63 heavy (non-hydrogen) atoms. The van der Waals surface area contributed by atoms with Crippen LogP contribution < -0.4 is 10.6 Å². The van der Waals surface area contributed by atoms with Gasteiger partial charge < -0.3 is 44.7 Å². The van der Waals surface area contributed by atoms with E-state index in [0.29, 0.717) is 71.5 Å². The summed E-state index contributed by atoms with van der Waals surface area (Å²) in [6.45, 7) is 16.0. The monoisotopic (exact) mass is 887 g/mol. The summed E-state index contributed by atoms with van der Waals surface area (Å²) in [5.74, 6) is -3.37. The molecule has 2 aliphatic rings. The number of rotatable bonds is 25. The molecule has 1 aromatic rings. The van der Waals surface area contributed by atoms with E-state index in [1.165, 1.54) is 14.2 Å². The molecule has 2 saturated heterocycles. The van der Waals surface area contributed by atoms with Crippen LogP contribution in [0.2, 0.25) is 0 Å². The van der Waals surface area contributed by atoms with Crippen molar-refractivity contribution < 1.29 is 48.1 Å². The van der Waals surface area contributed by atoms with Gasteiger partial charge in [0, 0.05) is 53.7 Å². The standard InChI is InChI=1S/C47H78N6O10/c1-12-32(6)42(51(9)47(60)40(30(2)3)49-45(58)41(31(4)5)50(8)22-17-21-39(55)56)37(61-10)29-38(54)53-23-16-20-36(53)43(62-11)33(7)44(57)48-35(28-34-18-14-13-15-19-34)46(59)52-24-26-63-27-25-52/h13-15,18-19,30-33,35-37,40-43H,12,16-17,20-29H2,1-11H3,(H,48,57)(H,49,58)(H,55,56)/t32-,33+,35?,36-,37+,40-,41-,42-,43+/m0/s1. The third-order valence-electron chi connectivity index (χ3n) is 13.0. The average Bonchev–Trinajstić information content (AvgIpc) is 3.74. The van der Waals surface area contributed by atoms with Gasteiger partial charge in [-0.05, 0) is 56.2 Å². The zero-order valence-electron chi connectivity index (χ0n) is 39.8. The number of amides is 5. The van der Waals surface area contributed by atoms with Crippen molar-refractivity contribution >= 4 is 35.5 Å². The van der Waals surface area contributed by atoms with Gasteiger partial charge in [-0.25, -0.2) is 0 Å². The number of nitrogens with one attached hydrogen (secondary N) is 2. The van der Waals surface area contributed by atoms with E-state index in [2.05, 4.69) is 10.6 Å². The van der Waals surface area contributed by atoms with Crippen molar-refractivity contribution in [1.29, 1.82) is 0 Å². The maximum Gasteiger partial charge on any atom is 0.303 e. The second-order valence-corrected chi connectivity index (χ2v) is 18.2. The quantitative estimate of drug-likeness (QED) is 0.131. The Balaban J connectivity index is 1.79. The molecular formula is C47H78N6O10. The van der Waals surface area contributed by atoms with E-state index in [9.17, 15) is 28.8 Å². The minimum absolute atomic E-state index is 0.00824. The molecule has 0 bridgehead atoms. The maximum atomic E-state index is 14.5. The second kappa shape index (κ2) is 26.0. The molecule has 5 amide bonds. The third kappa shape index (κ3) is 15.0. The van der Waals surface area contributed by atoms with Crippen molar-refractivity contribution in [2.45, 2.75) is 136 Å². The van der Waals surface area contributed by atoms with Crippen molar-refractivity contribution in [3.63, 3.8) is 0 Å². The number of aliphatic carboxylic acids is 1. The fourth-order valence-electron chi connectivity index (χ4n) is 9.27. The Morgan fingerprint density at radius 2 is 1.54 bits per heavy atom. The number of nitrogens with zero attached hydrogens (tertiary/aromatic N) is 4. The summed E-state index contributed by atoms with van der Waals surface area (Å²) in [5.41, 5.74) is 0.919. The smallest absolute Gasteiger partial charge is 0.303 e. The summed E-state index contributed by atoms with van der Waals surface area (Å²) >= 11 is 0. The minimum atomic E-state index is -0.897. The number of morpholine rings is 1. The van der Waals surface area contributed by atoms with Gasteiger partial charge in [-0.1, -0.05) is 85.2 Å². The van der Waals surface area contributed by atoms with Crippen LogP contribution in [0.25, 0.3) is 0 Å². The van der Waals surface area contributed by atoms with Gasteiger partial charge in [0.2, 0.25) is 29.5 Å². The number of hydrogen-bond donors (Lipinski definition) is 3. The van der Waals surface area contributed by atoms with Crippen LogP contribution in [-0.2, 0) is 49.4 Å². The lowest BCUT2D eigenvalue weighted by molar-refractivity contribution is -0.148. The number of benzene rings is 1. The summed E-state index contributed by atoms with van der Waals surface area (Å²) in [5, 5.41) is 15.2. The zero-order chi connectivity index (χ0) is 47.0. The molecule has 2 fully saturated rings. The van der Waals surface area contributed by atoms with Gasteiger partial charge in [0.15, 0.2) is 0 Å². The van der Waals surface area contributed by atoms with E-state index >= 15 is 0 Å². The fraction of sp³-hybridized carbons (Fsp3) is 0.745. The van der Waals surface area contributed by atoms with Crippen LogP contribution in [0.4, 0.5) is 0 Å². The highest BCUT2D eigenvalue weighted by Crippen LogP contribution is 2.30. The molecule has 16 nitrogen and oxygen atoms in total. The summed E-state index contributed by atoms with van der Waals surface area (Å²) in [4.78, 5) is 88.7. The van der Waals surface area contributed by atoms with Gasteiger partial charge in [0.25, 0.3) is 0 Å². The predicted molar refractivity (Wildman–Crippen MR) is 240 cm³/mol. The molecule has 9 atom stereocenters. The molecule has 2 aliphatic heterocycles. The second-order valence-electron chi connectivity index (χ2n) is 18.2.